The molecule has 1 nitrogen and oxygen atoms in total. The first kappa shape index (κ1) is 14.0. The predicted molar refractivity (Wildman–Crippen MR) is 98.5 cm³/mol. The zero-order valence-electron chi connectivity index (χ0n) is 13.2. The SMILES string of the molecule is CC(N)(c1cccc2ccccc12)c1cccc2ccccc12. The zero-order valence-corrected chi connectivity index (χ0v) is 13.2. The topological polar surface area (TPSA) is 26.0 Å². The van der Waals surface area contributed by atoms with E-state index in [9.17, 15) is 0 Å². The number of fused-ring (bicyclic) bond motifs is 2. The molecule has 112 valence electrons. The summed E-state index contributed by atoms with van der Waals surface area (Å²) >= 11 is 0. The smallest absolute Gasteiger partial charge is 0.0649 e. The Morgan fingerprint density at radius 2 is 0.957 bits per heavy atom. The maximum Gasteiger partial charge on any atom is 0.0649 e. The highest BCUT2D eigenvalue weighted by atomic mass is 14.7. The lowest BCUT2D eigenvalue weighted by atomic mass is 9.81. The predicted octanol–water partition coefficient (Wildman–Crippen LogP) is 5.22. The van der Waals surface area contributed by atoms with Gasteiger partial charge in [0.15, 0.2) is 0 Å². The minimum absolute atomic E-state index is 0.554. The van der Waals surface area contributed by atoms with E-state index in [1.54, 1.807) is 0 Å². The van der Waals surface area contributed by atoms with Gasteiger partial charge in [-0.1, -0.05) is 84.9 Å². The minimum atomic E-state index is -0.554. The van der Waals surface area contributed by atoms with E-state index < -0.39 is 5.54 Å². The summed E-state index contributed by atoms with van der Waals surface area (Å²) in [4.78, 5) is 0. The van der Waals surface area contributed by atoms with E-state index in [0.717, 1.165) is 11.1 Å². The van der Waals surface area contributed by atoms with Crippen LogP contribution in [-0.4, -0.2) is 0 Å². The molecule has 0 heterocycles. The van der Waals surface area contributed by atoms with Gasteiger partial charge < -0.3 is 5.73 Å². The molecule has 0 aliphatic heterocycles. The maximum absolute atomic E-state index is 6.89. The molecule has 1 heteroatoms. The van der Waals surface area contributed by atoms with E-state index in [2.05, 4.69) is 91.9 Å². The summed E-state index contributed by atoms with van der Waals surface area (Å²) in [5.74, 6) is 0. The third kappa shape index (κ3) is 2.21. The number of hydrogen-bond acceptors (Lipinski definition) is 1. The maximum atomic E-state index is 6.89. The lowest BCUT2D eigenvalue weighted by Crippen LogP contribution is -2.34. The van der Waals surface area contributed by atoms with E-state index in [-0.39, 0.29) is 0 Å². The number of rotatable bonds is 2. The van der Waals surface area contributed by atoms with Gasteiger partial charge in [-0.05, 0) is 39.6 Å². The third-order valence-electron chi connectivity index (χ3n) is 4.70. The highest BCUT2D eigenvalue weighted by Crippen LogP contribution is 2.35. The van der Waals surface area contributed by atoms with Crippen molar-refractivity contribution in [3.05, 3.63) is 96.1 Å². The van der Waals surface area contributed by atoms with Gasteiger partial charge in [0, 0.05) is 0 Å². The number of benzene rings is 4. The molecule has 4 aromatic rings. The van der Waals surface area contributed by atoms with Crippen LogP contribution in [0.5, 0.6) is 0 Å². The molecule has 2 N–H and O–H groups in total. The van der Waals surface area contributed by atoms with E-state index in [0.29, 0.717) is 0 Å². The molecule has 0 radical (unpaired) electrons. The lowest BCUT2D eigenvalue weighted by Gasteiger charge is -2.29. The molecule has 4 rings (SSSR count). The molecular weight excluding hydrogens is 278 g/mol. The highest BCUT2D eigenvalue weighted by Gasteiger charge is 2.27. The average Bonchev–Trinajstić information content (AvgIpc) is 2.60. The second-order valence-corrected chi connectivity index (χ2v) is 6.26. The van der Waals surface area contributed by atoms with Crippen molar-refractivity contribution in [3.63, 3.8) is 0 Å². The molecule has 0 fully saturated rings. The van der Waals surface area contributed by atoms with Crippen LogP contribution in [0.2, 0.25) is 0 Å². The lowest BCUT2D eigenvalue weighted by molar-refractivity contribution is 0.614. The summed E-state index contributed by atoms with van der Waals surface area (Å²) in [6, 6.07) is 29.6. The van der Waals surface area contributed by atoms with Crippen LogP contribution < -0.4 is 5.73 Å². The number of hydrogen-bond donors (Lipinski definition) is 1. The summed E-state index contributed by atoms with van der Waals surface area (Å²) < 4.78 is 0. The summed E-state index contributed by atoms with van der Waals surface area (Å²) in [5.41, 5.74) is 8.66. The molecule has 0 unspecified atom stereocenters. The highest BCUT2D eigenvalue weighted by molar-refractivity contribution is 5.90. The fourth-order valence-corrected chi connectivity index (χ4v) is 3.50. The largest absolute Gasteiger partial charge is 0.318 e. The van der Waals surface area contributed by atoms with Crippen molar-refractivity contribution < 1.29 is 0 Å². The first-order valence-corrected chi connectivity index (χ1v) is 7.93. The minimum Gasteiger partial charge on any atom is -0.318 e. The monoisotopic (exact) mass is 297 g/mol. The van der Waals surface area contributed by atoms with Gasteiger partial charge >= 0.3 is 0 Å². The molecule has 0 bridgehead atoms. The number of nitrogens with two attached hydrogens (primary N) is 1. The normalized spacial score (nSPS) is 11.9. The van der Waals surface area contributed by atoms with Gasteiger partial charge in [-0.25, -0.2) is 0 Å². The fourth-order valence-electron chi connectivity index (χ4n) is 3.50. The van der Waals surface area contributed by atoms with Crippen molar-refractivity contribution in [3.8, 4) is 0 Å². The van der Waals surface area contributed by atoms with Crippen molar-refractivity contribution >= 4 is 21.5 Å². The molecule has 4 aromatic carbocycles. The molecule has 23 heavy (non-hydrogen) atoms. The second-order valence-electron chi connectivity index (χ2n) is 6.26. The van der Waals surface area contributed by atoms with Crippen LogP contribution >= 0.6 is 0 Å². The Hall–Kier alpha value is -2.64. The molecule has 0 atom stereocenters. The van der Waals surface area contributed by atoms with Crippen molar-refractivity contribution in [1.82, 2.24) is 0 Å². The first-order valence-electron chi connectivity index (χ1n) is 7.93. The molecule has 0 spiro atoms. The molecule has 0 aliphatic carbocycles. The van der Waals surface area contributed by atoms with Gasteiger partial charge in [0.2, 0.25) is 0 Å². The molecular formula is C22H19N. The van der Waals surface area contributed by atoms with Crippen LogP contribution in [0.3, 0.4) is 0 Å². The Balaban J connectivity index is 2.02. The van der Waals surface area contributed by atoms with Gasteiger partial charge in [0.05, 0.1) is 5.54 Å². The summed E-state index contributed by atoms with van der Waals surface area (Å²) in [5, 5.41) is 4.88. The average molecular weight is 297 g/mol. The van der Waals surface area contributed by atoms with E-state index in [1.165, 1.54) is 21.5 Å². The molecule has 0 aliphatic rings. The Kier molecular flexibility index (Phi) is 3.17. The Bertz CT molecular complexity index is 907. The van der Waals surface area contributed by atoms with E-state index >= 15 is 0 Å². The van der Waals surface area contributed by atoms with E-state index in [4.69, 9.17) is 5.73 Å². The summed E-state index contributed by atoms with van der Waals surface area (Å²) in [6.45, 7) is 2.11. The standard InChI is InChI=1S/C22H19N/c1-22(23,20-14-6-10-16-8-2-4-12-18(16)20)21-15-7-11-17-9-3-5-13-19(17)21/h2-15H,23H2,1H3. The van der Waals surface area contributed by atoms with Crippen LogP contribution in [0.4, 0.5) is 0 Å². The van der Waals surface area contributed by atoms with Gasteiger partial charge in [-0.2, -0.15) is 0 Å². The Morgan fingerprint density at radius 1 is 0.565 bits per heavy atom. The second kappa shape index (κ2) is 5.22. The first-order chi connectivity index (χ1) is 11.2. The Morgan fingerprint density at radius 3 is 1.43 bits per heavy atom. The van der Waals surface area contributed by atoms with Crippen LogP contribution in [0.1, 0.15) is 18.1 Å². The summed E-state index contributed by atoms with van der Waals surface area (Å²) in [6.07, 6.45) is 0. The molecule has 0 aromatic heterocycles. The Labute approximate surface area is 136 Å². The fraction of sp³-hybridized carbons (Fsp3) is 0.0909. The van der Waals surface area contributed by atoms with Crippen LogP contribution in [-0.2, 0) is 5.54 Å². The van der Waals surface area contributed by atoms with Crippen molar-refractivity contribution in [2.45, 2.75) is 12.5 Å². The van der Waals surface area contributed by atoms with Gasteiger partial charge in [-0.3, -0.25) is 0 Å². The molecule has 0 saturated heterocycles. The van der Waals surface area contributed by atoms with Gasteiger partial charge in [-0.15, -0.1) is 0 Å². The van der Waals surface area contributed by atoms with Gasteiger partial charge in [0.1, 0.15) is 0 Å². The zero-order chi connectivity index (χ0) is 15.9. The van der Waals surface area contributed by atoms with Crippen molar-refractivity contribution in [2.24, 2.45) is 5.73 Å². The van der Waals surface area contributed by atoms with Crippen LogP contribution in [0.15, 0.2) is 84.9 Å². The van der Waals surface area contributed by atoms with Crippen LogP contribution in [0.25, 0.3) is 21.5 Å². The van der Waals surface area contributed by atoms with Crippen molar-refractivity contribution in [1.29, 1.82) is 0 Å². The quantitative estimate of drug-likeness (QED) is 0.539. The third-order valence-corrected chi connectivity index (χ3v) is 4.70. The van der Waals surface area contributed by atoms with E-state index in [1.807, 2.05) is 0 Å². The van der Waals surface area contributed by atoms with Gasteiger partial charge in [0.25, 0.3) is 0 Å². The van der Waals surface area contributed by atoms with Crippen LogP contribution in [0, 0.1) is 0 Å². The molecule has 0 amide bonds. The molecule has 0 saturated carbocycles. The van der Waals surface area contributed by atoms with Crippen molar-refractivity contribution in [2.75, 3.05) is 0 Å². The summed E-state index contributed by atoms with van der Waals surface area (Å²) in [7, 11) is 0.